The van der Waals surface area contributed by atoms with E-state index in [2.05, 4.69) is 90.7 Å². The number of carbonyl (C=O) groups excluding carboxylic acids is 1. The summed E-state index contributed by atoms with van der Waals surface area (Å²) in [7, 11) is 1.60. The van der Waals surface area contributed by atoms with Gasteiger partial charge in [-0.2, -0.15) is 0 Å². The van der Waals surface area contributed by atoms with Gasteiger partial charge in [-0.3, -0.25) is 14.1 Å². The highest BCUT2D eigenvalue weighted by Crippen LogP contribution is 2.29. The number of benzene rings is 2. The molecule has 0 spiro atoms. The van der Waals surface area contributed by atoms with Crippen LogP contribution in [0.4, 0.5) is 0 Å². The second-order valence-corrected chi connectivity index (χ2v) is 9.76. The van der Waals surface area contributed by atoms with E-state index >= 15 is 0 Å². The van der Waals surface area contributed by atoms with Gasteiger partial charge in [0.1, 0.15) is 11.6 Å². The van der Waals surface area contributed by atoms with Crippen LogP contribution in [-0.2, 0) is 0 Å². The lowest BCUT2D eigenvalue weighted by molar-refractivity contribution is 0.0936. The summed E-state index contributed by atoms with van der Waals surface area (Å²) >= 11 is 0. The largest absolute Gasteiger partial charge is 0.496 e. The molecule has 0 fully saturated rings. The number of nitrogens with zero attached hydrogens (tertiary/aromatic N) is 3. The quantitative estimate of drug-likeness (QED) is 0.325. The Hall–Kier alpha value is -3.64. The van der Waals surface area contributed by atoms with E-state index in [1.807, 2.05) is 30.5 Å². The topological polar surface area (TPSA) is 58.9 Å². The van der Waals surface area contributed by atoms with Crippen LogP contribution in [0, 0.1) is 6.92 Å². The number of carbonyl (C=O) groups is 1. The van der Waals surface area contributed by atoms with Crippen molar-refractivity contribution < 1.29 is 9.53 Å². The summed E-state index contributed by atoms with van der Waals surface area (Å²) in [4.78, 5) is 20.0. The van der Waals surface area contributed by atoms with Crippen molar-refractivity contribution in [1.82, 2.24) is 19.6 Å². The summed E-state index contributed by atoms with van der Waals surface area (Å²) in [5, 5.41) is 3.05. The van der Waals surface area contributed by atoms with Crippen molar-refractivity contribution >= 4 is 11.4 Å². The molecule has 0 aliphatic carbocycles. The number of imidazole rings is 1. The first-order valence-corrected chi connectivity index (χ1v) is 12.5. The van der Waals surface area contributed by atoms with Crippen LogP contribution in [0.15, 0.2) is 67.0 Å². The normalized spacial score (nSPS) is 11.6. The van der Waals surface area contributed by atoms with Crippen LogP contribution >= 0.6 is 0 Å². The zero-order valence-electron chi connectivity index (χ0n) is 22.1. The molecule has 1 N–H and O–H groups in total. The van der Waals surface area contributed by atoms with Crippen molar-refractivity contribution in [3.8, 4) is 28.3 Å². The Morgan fingerprint density at radius 3 is 2.44 bits per heavy atom. The molecule has 0 radical (unpaired) electrons. The molecule has 1 amide bonds. The van der Waals surface area contributed by atoms with Crippen molar-refractivity contribution in [2.45, 2.75) is 46.7 Å². The molecule has 188 valence electrons. The molecular weight excluding hydrogens is 448 g/mol. The smallest absolute Gasteiger partial charge is 0.255 e. The number of fused-ring (bicyclic) bond motifs is 1. The lowest BCUT2D eigenvalue weighted by Crippen LogP contribution is -2.42. The van der Waals surface area contributed by atoms with E-state index < -0.39 is 0 Å². The number of methoxy groups -OCH3 is 1. The highest BCUT2D eigenvalue weighted by atomic mass is 16.5. The average Bonchev–Trinajstić information content (AvgIpc) is 3.29. The minimum absolute atomic E-state index is 0.127. The first-order chi connectivity index (χ1) is 17.3. The van der Waals surface area contributed by atoms with Crippen LogP contribution < -0.4 is 10.1 Å². The van der Waals surface area contributed by atoms with Gasteiger partial charge in [0.25, 0.3) is 5.91 Å². The summed E-state index contributed by atoms with van der Waals surface area (Å²) in [6, 6.07) is 19.1. The molecule has 0 atom stereocenters. The second-order valence-electron chi connectivity index (χ2n) is 9.76. The van der Waals surface area contributed by atoms with Crippen LogP contribution in [0.5, 0.6) is 5.75 Å². The van der Waals surface area contributed by atoms with Gasteiger partial charge >= 0.3 is 0 Å². The van der Waals surface area contributed by atoms with Crippen molar-refractivity contribution in [2.24, 2.45) is 0 Å². The molecule has 6 heteroatoms. The SMILES string of the molecule is COc1cc(-c2ccc3cnc(-c4cccc(C)c4)n3c2)ccc1C(=O)NCCN(C(C)C)C(C)C. The zero-order valence-corrected chi connectivity index (χ0v) is 22.1. The van der Waals surface area contributed by atoms with Crippen LogP contribution in [-0.4, -0.2) is 52.5 Å². The lowest BCUT2D eigenvalue weighted by Gasteiger charge is -2.30. The summed E-state index contributed by atoms with van der Waals surface area (Å²) in [6.45, 7) is 12.2. The van der Waals surface area contributed by atoms with Crippen molar-refractivity contribution in [2.75, 3.05) is 20.2 Å². The molecule has 6 nitrogen and oxygen atoms in total. The van der Waals surface area contributed by atoms with E-state index in [0.717, 1.165) is 34.6 Å². The fraction of sp³-hybridized carbons (Fsp3) is 0.333. The van der Waals surface area contributed by atoms with Crippen LogP contribution in [0.3, 0.4) is 0 Å². The van der Waals surface area contributed by atoms with Gasteiger partial charge in [-0.1, -0.05) is 35.9 Å². The summed E-state index contributed by atoms with van der Waals surface area (Å²) in [5.41, 5.74) is 5.82. The molecule has 0 unspecified atom stereocenters. The Balaban J connectivity index is 1.57. The fourth-order valence-corrected chi connectivity index (χ4v) is 4.72. The first-order valence-electron chi connectivity index (χ1n) is 12.5. The minimum Gasteiger partial charge on any atom is -0.496 e. The van der Waals surface area contributed by atoms with Crippen molar-refractivity contribution in [3.05, 3.63) is 78.1 Å². The van der Waals surface area contributed by atoms with Gasteiger partial charge in [0.05, 0.1) is 24.4 Å². The molecule has 0 saturated heterocycles. The molecular formula is C30H36N4O2. The predicted octanol–water partition coefficient (Wildman–Crippen LogP) is 5.83. The highest BCUT2D eigenvalue weighted by Gasteiger charge is 2.17. The number of hydrogen-bond acceptors (Lipinski definition) is 4. The van der Waals surface area contributed by atoms with E-state index in [4.69, 9.17) is 4.74 Å². The number of rotatable bonds is 9. The van der Waals surface area contributed by atoms with Gasteiger partial charge in [0.15, 0.2) is 0 Å². The molecule has 4 aromatic rings. The van der Waals surface area contributed by atoms with E-state index in [1.165, 1.54) is 5.56 Å². The van der Waals surface area contributed by atoms with Crippen LogP contribution in [0.25, 0.3) is 28.0 Å². The van der Waals surface area contributed by atoms with Crippen molar-refractivity contribution in [3.63, 3.8) is 0 Å². The number of ether oxygens (including phenoxy) is 1. The third-order valence-electron chi connectivity index (χ3n) is 6.57. The maximum absolute atomic E-state index is 12.9. The van der Waals surface area contributed by atoms with Gasteiger partial charge in [0, 0.05) is 36.9 Å². The Kier molecular flexibility index (Phi) is 7.75. The van der Waals surface area contributed by atoms with Gasteiger partial charge in [-0.25, -0.2) is 4.98 Å². The second kappa shape index (κ2) is 11.0. The molecule has 2 aromatic heterocycles. The first kappa shape index (κ1) is 25.5. The van der Waals surface area contributed by atoms with Crippen LogP contribution in [0.2, 0.25) is 0 Å². The van der Waals surface area contributed by atoms with E-state index in [9.17, 15) is 4.79 Å². The van der Waals surface area contributed by atoms with E-state index in [-0.39, 0.29) is 5.91 Å². The molecule has 0 aliphatic heterocycles. The predicted molar refractivity (Wildman–Crippen MR) is 147 cm³/mol. The minimum atomic E-state index is -0.127. The number of hydrogen-bond donors (Lipinski definition) is 1. The number of nitrogens with one attached hydrogen (secondary N) is 1. The highest BCUT2D eigenvalue weighted by molar-refractivity contribution is 5.97. The number of amides is 1. The van der Waals surface area contributed by atoms with Gasteiger partial charge in [-0.05, 0) is 70.0 Å². The van der Waals surface area contributed by atoms with Crippen molar-refractivity contribution in [1.29, 1.82) is 0 Å². The molecule has 4 rings (SSSR count). The molecule has 0 saturated carbocycles. The molecule has 2 aromatic carbocycles. The summed E-state index contributed by atoms with van der Waals surface area (Å²) in [6.07, 6.45) is 3.97. The van der Waals surface area contributed by atoms with E-state index in [0.29, 0.717) is 29.9 Å². The maximum atomic E-state index is 12.9. The van der Waals surface area contributed by atoms with Crippen LogP contribution in [0.1, 0.15) is 43.6 Å². The molecule has 2 heterocycles. The summed E-state index contributed by atoms with van der Waals surface area (Å²) in [5.74, 6) is 1.33. The average molecular weight is 485 g/mol. The monoisotopic (exact) mass is 484 g/mol. The zero-order chi connectivity index (χ0) is 25.8. The third kappa shape index (κ3) is 5.44. The van der Waals surface area contributed by atoms with E-state index in [1.54, 1.807) is 7.11 Å². The molecule has 0 bridgehead atoms. The van der Waals surface area contributed by atoms with Gasteiger partial charge in [-0.15, -0.1) is 0 Å². The van der Waals surface area contributed by atoms with Gasteiger partial charge in [0.2, 0.25) is 0 Å². The standard InChI is InChI=1S/C30H36N4O2/c1-20(2)33(21(3)4)15-14-31-30(35)27-13-11-23(17-28(27)36-6)25-10-12-26-18-32-29(34(26)19-25)24-9-7-8-22(5)16-24/h7-13,16-21H,14-15H2,1-6H3,(H,31,35). The maximum Gasteiger partial charge on any atom is 0.255 e. The Bertz CT molecular complexity index is 1350. The Morgan fingerprint density at radius 1 is 1.00 bits per heavy atom. The fourth-order valence-electron chi connectivity index (χ4n) is 4.72. The molecule has 0 aliphatic rings. The number of aryl methyl sites for hydroxylation is 1. The third-order valence-corrected chi connectivity index (χ3v) is 6.57. The number of aromatic nitrogens is 2. The lowest BCUT2D eigenvalue weighted by atomic mass is 10.0. The molecule has 36 heavy (non-hydrogen) atoms. The number of pyridine rings is 1. The van der Waals surface area contributed by atoms with Gasteiger partial charge < -0.3 is 10.1 Å². The summed E-state index contributed by atoms with van der Waals surface area (Å²) < 4.78 is 7.72. The Labute approximate surface area is 213 Å². The Morgan fingerprint density at radius 2 is 1.75 bits per heavy atom.